The first-order chi connectivity index (χ1) is 8.20. The van der Waals surface area contributed by atoms with Gasteiger partial charge in [0.05, 0.1) is 21.8 Å². The molecule has 1 aromatic rings. The first-order valence-electron chi connectivity index (χ1n) is 5.99. The maximum absolute atomic E-state index is 12.2. The predicted octanol–water partition coefficient (Wildman–Crippen LogP) is 4.04. The largest absolute Gasteiger partial charge is 0.242 e. The van der Waals surface area contributed by atoms with Gasteiger partial charge in [-0.1, -0.05) is 13.8 Å². The van der Waals surface area contributed by atoms with Gasteiger partial charge in [0.15, 0.2) is 0 Å². The minimum atomic E-state index is -1.07. The SMILES string of the molecule is CC(C)C[C@H](N[S@@](=O)C(C)(C)C)c1nc(Br)cs1. The summed E-state index contributed by atoms with van der Waals surface area (Å²) < 4.78 is 16.0. The van der Waals surface area contributed by atoms with Crippen molar-refractivity contribution in [3.05, 3.63) is 15.0 Å². The average Bonchev–Trinajstić information content (AvgIpc) is 2.61. The number of hydrogen-bond donors (Lipinski definition) is 1. The Morgan fingerprint density at radius 2 is 2.11 bits per heavy atom. The smallest absolute Gasteiger partial charge is 0.117 e. The molecule has 1 aromatic heterocycles. The Morgan fingerprint density at radius 1 is 1.50 bits per heavy atom. The molecule has 0 aliphatic heterocycles. The normalized spacial score (nSPS) is 15.9. The van der Waals surface area contributed by atoms with Crippen LogP contribution in [-0.2, 0) is 11.0 Å². The van der Waals surface area contributed by atoms with Crippen LogP contribution in [0.25, 0.3) is 0 Å². The number of hydrogen-bond acceptors (Lipinski definition) is 3. The molecule has 0 fully saturated rings. The van der Waals surface area contributed by atoms with Crippen molar-refractivity contribution in [3.8, 4) is 0 Å². The molecule has 1 heterocycles. The van der Waals surface area contributed by atoms with Crippen LogP contribution >= 0.6 is 27.3 Å². The van der Waals surface area contributed by atoms with E-state index < -0.39 is 11.0 Å². The van der Waals surface area contributed by atoms with E-state index in [9.17, 15) is 4.21 Å². The molecule has 1 rings (SSSR count). The molecule has 0 aromatic carbocycles. The van der Waals surface area contributed by atoms with Crippen LogP contribution in [0.15, 0.2) is 9.98 Å². The van der Waals surface area contributed by atoms with E-state index in [0.29, 0.717) is 5.92 Å². The van der Waals surface area contributed by atoms with Crippen molar-refractivity contribution >= 4 is 38.3 Å². The predicted molar refractivity (Wildman–Crippen MR) is 83.0 cm³/mol. The highest BCUT2D eigenvalue weighted by Gasteiger charge is 2.25. The van der Waals surface area contributed by atoms with E-state index in [-0.39, 0.29) is 10.8 Å². The average molecular weight is 353 g/mol. The first-order valence-corrected chi connectivity index (χ1v) is 8.81. The zero-order valence-electron chi connectivity index (χ0n) is 11.5. The van der Waals surface area contributed by atoms with Gasteiger partial charge in [-0.15, -0.1) is 11.3 Å². The highest BCUT2D eigenvalue weighted by Crippen LogP contribution is 2.27. The summed E-state index contributed by atoms with van der Waals surface area (Å²) >= 11 is 4.97. The Hall–Kier alpha value is 0.220. The molecule has 0 radical (unpaired) electrons. The van der Waals surface area contributed by atoms with Gasteiger partial charge in [-0.25, -0.2) is 13.9 Å². The lowest BCUT2D eigenvalue weighted by Crippen LogP contribution is -2.36. The van der Waals surface area contributed by atoms with Gasteiger partial charge in [0.25, 0.3) is 0 Å². The van der Waals surface area contributed by atoms with Crippen LogP contribution in [0.4, 0.5) is 0 Å². The second-order valence-electron chi connectivity index (χ2n) is 5.69. The first kappa shape index (κ1) is 16.3. The van der Waals surface area contributed by atoms with Crippen LogP contribution in [-0.4, -0.2) is 13.9 Å². The van der Waals surface area contributed by atoms with Gasteiger partial charge in [0.2, 0.25) is 0 Å². The maximum atomic E-state index is 12.2. The fourth-order valence-electron chi connectivity index (χ4n) is 1.40. The molecule has 3 nitrogen and oxygen atoms in total. The van der Waals surface area contributed by atoms with E-state index in [4.69, 9.17) is 0 Å². The third-order valence-corrected chi connectivity index (χ3v) is 5.58. The van der Waals surface area contributed by atoms with Crippen molar-refractivity contribution in [2.75, 3.05) is 0 Å². The van der Waals surface area contributed by atoms with E-state index in [0.717, 1.165) is 16.0 Å². The lowest BCUT2D eigenvalue weighted by molar-refractivity contribution is 0.478. The molecule has 0 amide bonds. The minimum absolute atomic E-state index is 0.0568. The summed E-state index contributed by atoms with van der Waals surface area (Å²) in [5.41, 5.74) is 0. The maximum Gasteiger partial charge on any atom is 0.117 e. The van der Waals surface area contributed by atoms with Crippen LogP contribution in [0.2, 0.25) is 0 Å². The molecular weight excluding hydrogens is 332 g/mol. The van der Waals surface area contributed by atoms with Crippen molar-refractivity contribution in [2.45, 2.75) is 51.8 Å². The lowest BCUT2D eigenvalue weighted by atomic mass is 10.1. The van der Waals surface area contributed by atoms with Crippen molar-refractivity contribution < 1.29 is 4.21 Å². The Labute approximate surface area is 125 Å². The van der Waals surface area contributed by atoms with Crippen LogP contribution in [0, 0.1) is 5.92 Å². The van der Waals surface area contributed by atoms with Gasteiger partial charge in [-0.05, 0) is 49.0 Å². The molecule has 0 aliphatic rings. The second kappa shape index (κ2) is 6.59. The van der Waals surface area contributed by atoms with Gasteiger partial charge < -0.3 is 0 Å². The minimum Gasteiger partial charge on any atom is -0.242 e. The van der Waals surface area contributed by atoms with E-state index in [1.54, 1.807) is 11.3 Å². The van der Waals surface area contributed by atoms with Gasteiger partial charge in [-0.2, -0.15) is 0 Å². The standard InChI is InChI=1S/C12H21BrN2OS2/c1-8(2)6-9(11-14-10(13)7-17-11)15-18(16)12(3,4)5/h7-9,15H,6H2,1-5H3/t9-,18-/m0/s1. The highest BCUT2D eigenvalue weighted by atomic mass is 79.9. The van der Waals surface area contributed by atoms with Crippen LogP contribution in [0.1, 0.15) is 52.1 Å². The topological polar surface area (TPSA) is 42.0 Å². The summed E-state index contributed by atoms with van der Waals surface area (Å²) in [6, 6.07) is 0.0568. The Kier molecular flexibility index (Phi) is 5.96. The fraction of sp³-hybridized carbons (Fsp3) is 0.750. The molecule has 0 aliphatic carbocycles. The summed E-state index contributed by atoms with van der Waals surface area (Å²) in [4.78, 5) is 4.44. The number of rotatable bonds is 5. The molecule has 0 saturated heterocycles. The molecule has 2 atom stereocenters. The Balaban J connectivity index is 2.83. The monoisotopic (exact) mass is 352 g/mol. The van der Waals surface area contributed by atoms with Crippen molar-refractivity contribution in [1.82, 2.24) is 9.71 Å². The van der Waals surface area contributed by atoms with Gasteiger partial charge in [0.1, 0.15) is 9.61 Å². The quantitative estimate of drug-likeness (QED) is 0.868. The van der Waals surface area contributed by atoms with E-state index in [2.05, 4.69) is 39.5 Å². The Bertz CT molecular complexity index is 412. The van der Waals surface area contributed by atoms with Crippen molar-refractivity contribution in [1.29, 1.82) is 0 Å². The number of nitrogens with one attached hydrogen (secondary N) is 1. The molecule has 1 N–H and O–H groups in total. The van der Waals surface area contributed by atoms with E-state index >= 15 is 0 Å². The Morgan fingerprint density at radius 3 is 2.50 bits per heavy atom. The third-order valence-electron chi connectivity index (χ3n) is 2.30. The fourth-order valence-corrected chi connectivity index (χ4v) is 3.63. The van der Waals surface area contributed by atoms with Crippen LogP contribution < -0.4 is 4.72 Å². The summed E-state index contributed by atoms with van der Waals surface area (Å²) in [7, 11) is -1.07. The number of thiazole rings is 1. The molecule has 104 valence electrons. The molecule has 6 heteroatoms. The van der Waals surface area contributed by atoms with Gasteiger partial charge >= 0.3 is 0 Å². The van der Waals surface area contributed by atoms with Crippen LogP contribution in [0.3, 0.4) is 0 Å². The third kappa shape index (κ3) is 5.07. The summed E-state index contributed by atoms with van der Waals surface area (Å²) in [5, 5.41) is 2.96. The zero-order chi connectivity index (χ0) is 13.9. The summed E-state index contributed by atoms with van der Waals surface area (Å²) in [6.07, 6.45) is 0.932. The van der Waals surface area contributed by atoms with E-state index in [1.807, 2.05) is 26.2 Å². The molecular formula is C12H21BrN2OS2. The number of aromatic nitrogens is 1. The molecule has 0 unspecified atom stereocenters. The van der Waals surface area contributed by atoms with Gasteiger partial charge in [-0.3, -0.25) is 0 Å². The molecule has 0 bridgehead atoms. The molecule has 18 heavy (non-hydrogen) atoms. The van der Waals surface area contributed by atoms with Crippen molar-refractivity contribution in [3.63, 3.8) is 0 Å². The molecule has 0 saturated carbocycles. The van der Waals surface area contributed by atoms with E-state index in [1.165, 1.54) is 0 Å². The zero-order valence-corrected chi connectivity index (χ0v) is 14.7. The molecule has 0 spiro atoms. The van der Waals surface area contributed by atoms with Crippen LogP contribution in [0.5, 0.6) is 0 Å². The second-order valence-corrected chi connectivity index (χ2v) is 9.39. The van der Waals surface area contributed by atoms with Crippen molar-refractivity contribution in [2.24, 2.45) is 5.92 Å². The highest BCUT2D eigenvalue weighted by molar-refractivity contribution is 9.10. The lowest BCUT2D eigenvalue weighted by Gasteiger charge is -2.24. The summed E-state index contributed by atoms with van der Waals surface area (Å²) in [6.45, 7) is 10.2. The number of nitrogens with zero attached hydrogens (tertiary/aromatic N) is 1. The van der Waals surface area contributed by atoms with Gasteiger partial charge in [0, 0.05) is 5.38 Å². The number of halogens is 1. The summed E-state index contributed by atoms with van der Waals surface area (Å²) in [5.74, 6) is 0.530.